The molecule has 20 heavy (non-hydrogen) atoms. The van der Waals surface area contributed by atoms with E-state index in [1.54, 1.807) is 0 Å². The van der Waals surface area contributed by atoms with Gasteiger partial charge >= 0.3 is 12.0 Å². The van der Waals surface area contributed by atoms with Crippen molar-refractivity contribution in [3.8, 4) is 0 Å². The minimum absolute atomic E-state index is 0.0909. The van der Waals surface area contributed by atoms with Crippen molar-refractivity contribution in [3.63, 3.8) is 0 Å². The lowest BCUT2D eigenvalue weighted by atomic mass is 9.89. The molecule has 5 nitrogen and oxygen atoms in total. The second-order valence-electron chi connectivity index (χ2n) is 6.03. The lowest BCUT2D eigenvalue weighted by molar-refractivity contribution is -0.140. The number of urea groups is 1. The van der Waals surface area contributed by atoms with Gasteiger partial charge in [-0.2, -0.15) is 0 Å². The standard InChI is InChI=1S/C14H24N2O3S/c1-10(2)11-4-3-6-15(7-5-11)14(19)16-9-20-8-12(16)13(17)18/h10-12H,3-9H2,1-2H3,(H,17,18). The number of amides is 2. The topological polar surface area (TPSA) is 60.9 Å². The van der Waals surface area contributed by atoms with Gasteiger partial charge in [-0.1, -0.05) is 13.8 Å². The van der Waals surface area contributed by atoms with Crippen LogP contribution in [0.15, 0.2) is 0 Å². The van der Waals surface area contributed by atoms with Gasteiger partial charge in [-0.05, 0) is 31.1 Å². The van der Waals surface area contributed by atoms with Crippen molar-refractivity contribution < 1.29 is 14.7 Å². The summed E-state index contributed by atoms with van der Waals surface area (Å²) in [5.74, 6) is 1.44. The number of aliphatic carboxylic acids is 1. The van der Waals surface area contributed by atoms with E-state index in [2.05, 4.69) is 13.8 Å². The van der Waals surface area contributed by atoms with Crippen molar-refractivity contribution in [2.75, 3.05) is 24.7 Å². The minimum atomic E-state index is -0.891. The van der Waals surface area contributed by atoms with Gasteiger partial charge in [0.2, 0.25) is 0 Å². The Morgan fingerprint density at radius 1 is 1.25 bits per heavy atom. The average molecular weight is 300 g/mol. The summed E-state index contributed by atoms with van der Waals surface area (Å²) in [6.07, 6.45) is 3.22. The smallest absolute Gasteiger partial charge is 0.327 e. The SMILES string of the molecule is CC(C)C1CCCN(C(=O)N2CSCC2C(=O)O)CC1. The number of nitrogens with zero attached hydrogens (tertiary/aromatic N) is 2. The largest absolute Gasteiger partial charge is 0.480 e. The highest BCUT2D eigenvalue weighted by atomic mass is 32.2. The van der Waals surface area contributed by atoms with Crippen LogP contribution in [-0.2, 0) is 4.79 Å². The van der Waals surface area contributed by atoms with E-state index in [-0.39, 0.29) is 6.03 Å². The van der Waals surface area contributed by atoms with Crippen LogP contribution in [0.5, 0.6) is 0 Å². The van der Waals surface area contributed by atoms with E-state index in [9.17, 15) is 14.7 Å². The number of carbonyl (C=O) groups excluding carboxylic acids is 1. The molecular weight excluding hydrogens is 276 g/mol. The van der Waals surface area contributed by atoms with Crippen molar-refractivity contribution in [1.82, 2.24) is 9.80 Å². The highest BCUT2D eigenvalue weighted by Gasteiger charge is 2.37. The van der Waals surface area contributed by atoms with Gasteiger partial charge in [-0.25, -0.2) is 9.59 Å². The molecule has 2 aliphatic rings. The van der Waals surface area contributed by atoms with Gasteiger partial charge < -0.3 is 14.9 Å². The molecule has 1 N–H and O–H groups in total. The summed E-state index contributed by atoms with van der Waals surface area (Å²) in [4.78, 5) is 27.1. The summed E-state index contributed by atoms with van der Waals surface area (Å²) in [5.41, 5.74) is 0. The van der Waals surface area contributed by atoms with Crippen LogP contribution in [0.2, 0.25) is 0 Å². The Morgan fingerprint density at radius 2 is 2.00 bits per heavy atom. The predicted octanol–water partition coefficient (Wildman–Crippen LogP) is 2.32. The van der Waals surface area contributed by atoms with Crippen molar-refractivity contribution in [2.24, 2.45) is 11.8 Å². The molecule has 0 aliphatic carbocycles. The third kappa shape index (κ3) is 3.40. The number of likely N-dealkylation sites (tertiary alicyclic amines) is 1. The number of hydrogen-bond donors (Lipinski definition) is 1. The Kier molecular flexibility index (Phi) is 5.18. The van der Waals surface area contributed by atoms with Crippen molar-refractivity contribution in [3.05, 3.63) is 0 Å². The lowest BCUT2D eigenvalue weighted by Crippen LogP contribution is -2.49. The fraction of sp³-hybridized carbons (Fsp3) is 0.857. The second kappa shape index (κ2) is 6.70. The summed E-state index contributed by atoms with van der Waals surface area (Å²) in [6.45, 7) is 5.99. The molecular formula is C14H24N2O3S. The Bertz CT molecular complexity index is 375. The molecule has 2 saturated heterocycles. The maximum absolute atomic E-state index is 12.5. The average Bonchev–Trinajstić information content (AvgIpc) is 2.75. The monoisotopic (exact) mass is 300 g/mol. The summed E-state index contributed by atoms with van der Waals surface area (Å²) >= 11 is 1.52. The predicted molar refractivity (Wildman–Crippen MR) is 79.7 cm³/mol. The van der Waals surface area contributed by atoms with Crippen molar-refractivity contribution >= 4 is 23.8 Å². The summed E-state index contributed by atoms with van der Waals surface area (Å²) < 4.78 is 0. The molecule has 2 rings (SSSR count). The normalized spacial score (nSPS) is 27.8. The summed E-state index contributed by atoms with van der Waals surface area (Å²) in [5, 5.41) is 9.18. The van der Waals surface area contributed by atoms with Gasteiger partial charge in [0.15, 0.2) is 0 Å². The number of carboxylic acids is 1. The first-order valence-corrected chi connectivity index (χ1v) is 8.52. The Morgan fingerprint density at radius 3 is 2.65 bits per heavy atom. The number of carboxylic acid groups (broad SMARTS) is 1. The molecule has 2 heterocycles. The van der Waals surface area contributed by atoms with E-state index in [0.29, 0.717) is 23.5 Å². The van der Waals surface area contributed by atoms with E-state index in [1.165, 1.54) is 23.1 Å². The molecule has 0 aromatic carbocycles. The quantitative estimate of drug-likeness (QED) is 0.850. The molecule has 2 amide bonds. The van der Waals surface area contributed by atoms with Crippen LogP contribution in [-0.4, -0.2) is 57.7 Å². The van der Waals surface area contributed by atoms with E-state index in [4.69, 9.17) is 0 Å². The fourth-order valence-electron chi connectivity index (χ4n) is 3.00. The number of rotatable bonds is 2. The van der Waals surface area contributed by atoms with E-state index in [1.807, 2.05) is 4.90 Å². The highest BCUT2D eigenvalue weighted by Crippen LogP contribution is 2.27. The maximum Gasteiger partial charge on any atom is 0.327 e. The molecule has 0 radical (unpaired) electrons. The molecule has 0 bridgehead atoms. The van der Waals surface area contributed by atoms with Crippen molar-refractivity contribution in [1.29, 1.82) is 0 Å². The zero-order valence-corrected chi connectivity index (χ0v) is 13.1. The molecule has 0 aromatic heterocycles. The first kappa shape index (κ1) is 15.5. The maximum atomic E-state index is 12.5. The lowest BCUT2D eigenvalue weighted by Gasteiger charge is -2.29. The van der Waals surface area contributed by atoms with Crippen LogP contribution < -0.4 is 0 Å². The molecule has 2 aliphatic heterocycles. The Labute approximate surface area is 124 Å². The first-order chi connectivity index (χ1) is 9.50. The van der Waals surface area contributed by atoms with Gasteiger partial charge in [0, 0.05) is 18.8 Å². The van der Waals surface area contributed by atoms with E-state index >= 15 is 0 Å². The molecule has 0 aromatic rings. The second-order valence-corrected chi connectivity index (χ2v) is 7.03. The molecule has 2 fully saturated rings. The molecule has 6 heteroatoms. The summed E-state index contributed by atoms with van der Waals surface area (Å²) in [6, 6.07) is -0.747. The van der Waals surface area contributed by atoms with Gasteiger partial charge in [-0.15, -0.1) is 11.8 Å². The highest BCUT2D eigenvalue weighted by molar-refractivity contribution is 7.99. The number of carbonyl (C=O) groups is 2. The van der Waals surface area contributed by atoms with Gasteiger partial charge in [0.1, 0.15) is 6.04 Å². The van der Waals surface area contributed by atoms with Gasteiger partial charge in [0.05, 0.1) is 5.88 Å². The first-order valence-electron chi connectivity index (χ1n) is 7.36. The number of hydrogen-bond acceptors (Lipinski definition) is 3. The molecule has 0 saturated carbocycles. The van der Waals surface area contributed by atoms with Crippen LogP contribution >= 0.6 is 11.8 Å². The third-order valence-corrected chi connectivity index (χ3v) is 5.41. The van der Waals surface area contributed by atoms with Gasteiger partial charge in [-0.3, -0.25) is 0 Å². The van der Waals surface area contributed by atoms with Crippen LogP contribution in [0.4, 0.5) is 4.79 Å². The van der Waals surface area contributed by atoms with Crippen LogP contribution in [0.25, 0.3) is 0 Å². The molecule has 0 spiro atoms. The molecule has 114 valence electrons. The summed E-state index contributed by atoms with van der Waals surface area (Å²) in [7, 11) is 0. The van der Waals surface area contributed by atoms with Crippen LogP contribution in [0, 0.1) is 11.8 Å². The molecule has 2 atom stereocenters. The van der Waals surface area contributed by atoms with Gasteiger partial charge in [0.25, 0.3) is 0 Å². The Balaban J connectivity index is 1.97. The van der Waals surface area contributed by atoms with E-state index < -0.39 is 12.0 Å². The third-order valence-electron chi connectivity index (χ3n) is 4.40. The van der Waals surface area contributed by atoms with Crippen LogP contribution in [0.1, 0.15) is 33.1 Å². The number of thioether (sulfide) groups is 1. The molecule has 2 unspecified atom stereocenters. The van der Waals surface area contributed by atoms with Crippen molar-refractivity contribution in [2.45, 2.75) is 39.2 Å². The van der Waals surface area contributed by atoms with E-state index in [0.717, 1.165) is 25.9 Å². The zero-order valence-electron chi connectivity index (χ0n) is 12.2. The zero-order chi connectivity index (χ0) is 14.7. The minimum Gasteiger partial charge on any atom is -0.480 e. The Hall–Kier alpha value is -0.910. The van der Waals surface area contributed by atoms with Crippen LogP contribution in [0.3, 0.4) is 0 Å². The fourth-order valence-corrected chi connectivity index (χ4v) is 4.14.